The molecule has 1 saturated carbocycles. The van der Waals surface area contributed by atoms with Crippen molar-refractivity contribution in [3.05, 3.63) is 39.4 Å². The number of carbonyl (C=O) groups is 3. The lowest BCUT2D eigenvalue weighted by Crippen LogP contribution is -2.38. The third-order valence-corrected chi connectivity index (χ3v) is 4.45. The van der Waals surface area contributed by atoms with Crippen LogP contribution in [0.4, 0.5) is 18.9 Å². The van der Waals surface area contributed by atoms with Crippen molar-refractivity contribution in [3.8, 4) is 0 Å². The van der Waals surface area contributed by atoms with Gasteiger partial charge in [-0.2, -0.15) is 13.2 Å². The maximum absolute atomic E-state index is 12.9. The number of esters is 1. The van der Waals surface area contributed by atoms with Gasteiger partial charge in [-0.05, 0) is 45.2 Å². The summed E-state index contributed by atoms with van der Waals surface area (Å²) in [5.74, 6) is -5.79. The molecule has 0 aromatic heterocycles. The smallest absolute Gasteiger partial charge is 0.416 e. The van der Waals surface area contributed by atoms with E-state index in [9.17, 15) is 37.7 Å². The number of benzene rings is 1. The molecular weight excluding hydrogens is 395 g/mol. The molecule has 1 aliphatic rings. The molecule has 0 bridgehead atoms. The van der Waals surface area contributed by atoms with Gasteiger partial charge in [0, 0.05) is 12.0 Å². The van der Waals surface area contributed by atoms with E-state index < -0.39 is 62.9 Å². The highest BCUT2D eigenvalue weighted by Gasteiger charge is 2.49. The SMILES string of the molecule is CC1CC1C(=O)C(C(=O)OC(C)(C)C)C(=O)c1ccc(C(F)(F)F)cc1[N+](=O)[O-]. The zero-order chi connectivity index (χ0) is 22.3. The minimum absolute atomic E-state index is 0.0668. The van der Waals surface area contributed by atoms with E-state index in [4.69, 9.17) is 4.74 Å². The fourth-order valence-corrected chi connectivity index (χ4v) is 2.87. The van der Waals surface area contributed by atoms with Gasteiger partial charge in [-0.3, -0.25) is 24.5 Å². The highest BCUT2D eigenvalue weighted by Crippen LogP contribution is 2.42. The number of alkyl halides is 3. The lowest BCUT2D eigenvalue weighted by atomic mass is 9.89. The van der Waals surface area contributed by atoms with Crippen LogP contribution >= 0.6 is 0 Å². The standard InChI is InChI=1S/C19H20F3NO6/c1-9-7-12(9)16(25)14(17(26)29-18(2,3)4)15(24)11-6-5-10(19(20,21)22)8-13(11)23(27)28/h5-6,8-9,12,14H,7H2,1-4H3. The molecule has 1 aromatic carbocycles. The molecule has 1 fully saturated rings. The molecule has 7 nitrogen and oxygen atoms in total. The number of Topliss-reactive ketones (excluding diaryl/α,β-unsaturated/α-hetero) is 2. The van der Waals surface area contributed by atoms with Crippen molar-refractivity contribution in [1.29, 1.82) is 0 Å². The third-order valence-electron chi connectivity index (χ3n) is 4.45. The first-order chi connectivity index (χ1) is 13.1. The minimum Gasteiger partial charge on any atom is -0.459 e. The van der Waals surface area contributed by atoms with Gasteiger partial charge in [-0.1, -0.05) is 6.92 Å². The van der Waals surface area contributed by atoms with Crippen LogP contribution in [0.3, 0.4) is 0 Å². The summed E-state index contributed by atoms with van der Waals surface area (Å²) in [5, 5.41) is 11.3. The number of ether oxygens (including phenoxy) is 1. The predicted octanol–water partition coefficient (Wildman–Crippen LogP) is 3.98. The van der Waals surface area contributed by atoms with Crippen LogP contribution in [0.1, 0.15) is 50.0 Å². The Morgan fingerprint density at radius 2 is 1.76 bits per heavy atom. The van der Waals surface area contributed by atoms with Crippen molar-refractivity contribution < 1.29 is 37.2 Å². The molecule has 0 amide bonds. The second-order valence-electron chi connectivity index (χ2n) is 8.04. The van der Waals surface area contributed by atoms with E-state index in [0.717, 1.165) is 0 Å². The van der Waals surface area contributed by atoms with Gasteiger partial charge >= 0.3 is 12.1 Å². The summed E-state index contributed by atoms with van der Waals surface area (Å²) in [4.78, 5) is 48.3. The molecular formula is C19H20F3NO6. The Balaban J connectivity index is 2.51. The highest BCUT2D eigenvalue weighted by molar-refractivity contribution is 6.24. The van der Waals surface area contributed by atoms with Gasteiger partial charge in [-0.15, -0.1) is 0 Å². The first-order valence-corrected chi connectivity index (χ1v) is 8.80. The second kappa shape index (κ2) is 7.57. The minimum atomic E-state index is -4.86. The number of nitrogens with zero attached hydrogens (tertiary/aromatic N) is 1. The van der Waals surface area contributed by atoms with Crippen LogP contribution in [0.15, 0.2) is 18.2 Å². The van der Waals surface area contributed by atoms with Crippen molar-refractivity contribution in [2.45, 2.75) is 45.9 Å². The van der Waals surface area contributed by atoms with Crippen LogP contribution in [-0.2, 0) is 20.5 Å². The van der Waals surface area contributed by atoms with E-state index in [-0.39, 0.29) is 12.0 Å². The Morgan fingerprint density at radius 3 is 2.17 bits per heavy atom. The number of nitro groups is 1. The van der Waals surface area contributed by atoms with Crippen LogP contribution in [0.5, 0.6) is 0 Å². The largest absolute Gasteiger partial charge is 0.459 e. The first-order valence-electron chi connectivity index (χ1n) is 8.80. The molecule has 3 unspecified atom stereocenters. The molecule has 0 aliphatic heterocycles. The molecule has 0 spiro atoms. The predicted molar refractivity (Wildman–Crippen MR) is 94.0 cm³/mol. The van der Waals surface area contributed by atoms with E-state index in [0.29, 0.717) is 18.6 Å². The Hall–Kier alpha value is -2.78. The Labute approximate surface area is 164 Å². The third kappa shape index (κ3) is 5.18. The van der Waals surface area contributed by atoms with Crippen molar-refractivity contribution in [2.24, 2.45) is 17.8 Å². The van der Waals surface area contributed by atoms with E-state index in [1.165, 1.54) is 20.8 Å². The molecule has 1 aromatic rings. The van der Waals surface area contributed by atoms with Gasteiger partial charge in [-0.25, -0.2) is 0 Å². The Morgan fingerprint density at radius 1 is 1.21 bits per heavy atom. The molecule has 0 saturated heterocycles. The van der Waals surface area contributed by atoms with E-state index >= 15 is 0 Å². The van der Waals surface area contributed by atoms with Crippen molar-refractivity contribution in [1.82, 2.24) is 0 Å². The summed E-state index contributed by atoms with van der Waals surface area (Å²) in [6, 6.07) is 1.32. The van der Waals surface area contributed by atoms with Gasteiger partial charge in [0.1, 0.15) is 5.60 Å². The highest BCUT2D eigenvalue weighted by atomic mass is 19.4. The van der Waals surface area contributed by atoms with Gasteiger partial charge in [0.2, 0.25) is 0 Å². The van der Waals surface area contributed by atoms with Crippen LogP contribution in [-0.4, -0.2) is 28.1 Å². The normalized spacial score (nSPS) is 20.0. The summed E-state index contributed by atoms with van der Waals surface area (Å²) < 4.78 is 43.8. The summed E-state index contributed by atoms with van der Waals surface area (Å²) in [7, 11) is 0. The molecule has 0 heterocycles. The average molecular weight is 415 g/mol. The van der Waals surface area contributed by atoms with Crippen LogP contribution in [0.2, 0.25) is 0 Å². The summed E-state index contributed by atoms with van der Waals surface area (Å²) >= 11 is 0. The lowest BCUT2D eigenvalue weighted by molar-refractivity contribution is -0.385. The zero-order valence-corrected chi connectivity index (χ0v) is 16.2. The Bertz CT molecular complexity index is 872. The average Bonchev–Trinajstić information content (AvgIpc) is 3.28. The molecule has 158 valence electrons. The number of hydrogen-bond donors (Lipinski definition) is 0. The maximum atomic E-state index is 12.9. The van der Waals surface area contributed by atoms with Crippen LogP contribution in [0.25, 0.3) is 0 Å². The lowest BCUT2D eigenvalue weighted by Gasteiger charge is -2.23. The molecule has 3 atom stereocenters. The quantitative estimate of drug-likeness (QED) is 0.229. The van der Waals surface area contributed by atoms with Crippen LogP contribution < -0.4 is 0 Å². The summed E-state index contributed by atoms with van der Waals surface area (Å²) in [6.45, 7) is 6.27. The number of ketones is 2. The number of nitro benzene ring substituents is 1. The number of rotatable bonds is 6. The molecule has 2 rings (SSSR count). The number of carbonyl (C=O) groups excluding carboxylic acids is 3. The molecule has 1 aliphatic carbocycles. The summed E-state index contributed by atoms with van der Waals surface area (Å²) in [5.41, 5.74) is -4.25. The van der Waals surface area contributed by atoms with Crippen molar-refractivity contribution in [2.75, 3.05) is 0 Å². The van der Waals surface area contributed by atoms with Gasteiger partial charge in [0.25, 0.3) is 5.69 Å². The van der Waals surface area contributed by atoms with Crippen molar-refractivity contribution in [3.63, 3.8) is 0 Å². The number of halogens is 3. The van der Waals surface area contributed by atoms with E-state index in [1.54, 1.807) is 6.92 Å². The van der Waals surface area contributed by atoms with Gasteiger partial charge in [0.15, 0.2) is 17.5 Å². The van der Waals surface area contributed by atoms with E-state index in [2.05, 4.69) is 0 Å². The van der Waals surface area contributed by atoms with Gasteiger partial charge in [0.05, 0.1) is 16.1 Å². The fraction of sp³-hybridized carbons (Fsp3) is 0.526. The van der Waals surface area contributed by atoms with E-state index in [1.807, 2.05) is 0 Å². The monoisotopic (exact) mass is 415 g/mol. The zero-order valence-electron chi connectivity index (χ0n) is 16.2. The van der Waals surface area contributed by atoms with Crippen LogP contribution in [0, 0.1) is 27.9 Å². The summed E-state index contributed by atoms with van der Waals surface area (Å²) in [6.07, 6.45) is -4.42. The topological polar surface area (TPSA) is 104 Å². The molecule has 10 heteroatoms. The molecule has 29 heavy (non-hydrogen) atoms. The Kier molecular flexibility index (Phi) is 5.87. The first kappa shape index (κ1) is 22.5. The second-order valence-corrected chi connectivity index (χ2v) is 8.04. The maximum Gasteiger partial charge on any atom is 0.416 e. The molecule has 0 N–H and O–H groups in total. The molecule has 0 radical (unpaired) electrons. The van der Waals surface area contributed by atoms with Crippen molar-refractivity contribution >= 4 is 23.2 Å². The fourth-order valence-electron chi connectivity index (χ4n) is 2.87. The van der Waals surface area contributed by atoms with Gasteiger partial charge < -0.3 is 4.74 Å². The number of hydrogen-bond acceptors (Lipinski definition) is 6.